The smallest absolute Gasteiger partial charge is 0.267 e. The van der Waals surface area contributed by atoms with Crippen LogP contribution in [0.3, 0.4) is 0 Å². The van der Waals surface area contributed by atoms with Crippen molar-refractivity contribution in [1.29, 1.82) is 0 Å². The van der Waals surface area contributed by atoms with Crippen molar-refractivity contribution >= 4 is 21.8 Å². The van der Waals surface area contributed by atoms with Gasteiger partial charge in [-0.25, -0.2) is 4.68 Å². The predicted molar refractivity (Wildman–Crippen MR) is 96.6 cm³/mol. The lowest BCUT2D eigenvalue weighted by molar-refractivity contribution is 0.0687. The fraction of sp³-hybridized carbons (Fsp3) is 0.444. The molecule has 2 aliphatic rings. The number of pyridine rings is 1. The van der Waals surface area contributed by atoms with E-state index in [0.29, 0.717) is 24.6 Å². The Morgan fingerprint density at radius 1 is 1.12 bits per heavy atom. The SMILES string of the molecule is O=C(c1cncc(Br)c1)N1CCC(n2nc(C3CC3)ccc2=O)CC1. The number of nitrogens with zero attached hydrogens (tertiary/aromatic N) is 4. The number of hydrogen-bond donors (Lipinski definition) is 0. The van der Waals surface area contributed by atoms with Crippen molar-refractivity contribution in [3.8, 4) is 0 Å². The zero-order valence-corrected chi connectivity index (χ0v) is 15.4. The van der Waals surface area contributed by atoms with Crippen molar-refractivity contribution in [2.45, 2.75) is 37.6 Å². The Hall–Kier alpha value is -2.02. The summed E-state index contributed by atoms with van der Waals surface area (Å²) in [5, 5.41) is 4.58. The molecule has 1 amide bonds. The first-order chi connectivity index (χ1) is 12.1. The maximum Gasteiger partial charge on any atom is 0.267 e. The third kappa shape index (κ3) is 3.51. The minimum Gasteiger partial charge on any atom is -0.338 e. The van der Waals surface area contributed by atoms with E-state index in [1.54, 1.807) is 29.2 Å². The van der Waals surface area contributed by atoms with Gasteiger partial charge < -0.3 is 4.90 Å². The second-order valence-electron chi connectivity index (χ2n) is 6.73. The van der Waals surface area contributed by atoms with Gasteiger partial charge in [0, 0.05) is 41.9 Å². The zero-order valence-electron chi connectivity index (χ0n) is 13.8. The van der Waals surface area contributed by atoms with E-state index >= 15 is 0 Å². The van der Waals surface area contributed by atoms with E-state index in [9.17, 15) is 9.59 Å². The summed E-state index contributed by atoms with van der Waals surface area (Å²) >= 11 is 3.35. The highest BCUT2D eigenvalue weighted by atomic mass is 79.9. The molecule has 0 spiro atoms. The summed E-state index contributed by atoms with van der Waals surface area (Å²) in [7, 11) is 0. The number of aromatic nitrogens is 3. The van der Waals surface area contributed by atoms with E-state index in [1.165, 1.54) is 12.8 Å². The van der Waals surface area contributed by atoms with Crippen LogP contribution < -0.4 is 5.56 Å². The molecule has 2 aromatic heterocycles. The summed E-state index contributed by atoms with van der Waals surface area (Å²) in [6.45, 7) is 1.25. The maximum absolute atomic E-state index is 12.6. The fourth-order valence-corrected chi connectivity index (χ4v) is 3.69. The zero-order chi connectivity index (χ0) is 17.4. The van der Waals surface area contributed by atoms with Gasteiger partial charge in [0.2, 0.25) is 0 Å². The molecule has 1 saturated carbocycles. The summed E-state index contributed by atoms with van der Waals surface area (Å²) < 4.78 is 2.43. The molecule has 0 aromatic carbocycles. The molecule has 0 N–H and O–H groups in total. The van der Waals surface area contributed by atoms with Crippen molar-refractivity contribution in [3.05, 3.63) is 56.7 Å². The van der Waals surface area contributed by atoms with Crippen LogP contribution >= 0.6 is 15.9 Å². The van der Waals surface area contributed by atoms with Crippen LogP contribution in [0.1, 0.15) is 53.7 Å². The van der Waals surface area contributed by atoms with Gasteiger partial charge >= 0.3 is 0 Å². The largest absolute Gasteiger partial charge is 0.338 e. The summed E-state index contributed by atoms with van der Waals surface area (Å²) in [5.41, 5.74) is 1.56. The monoisotopic (exact) mass is 402 g/mol. The molecule has 0 atom stereocenters. The lowest BCUT2D eigenvalue weighted by atomic mass is 10.0. The van der Waals surface area contributed by atoms with Crippen LogP contribution in [0.15, 0.2) is 39.9 Å². The number of hydrogen-bond acceptors (Lipinski definition) is 4. The molecule has 25 heavy (non-hydrogen) atoms. The molecule has 2 aromatic rings. The van der Waals surface area contributed by atoms with Gasteiger partial charge in [-0.2, -0.15) is 5.10 Å². The Bertz CT molecular complexity index is 854. The first-order valence-corrected chi connectivity index (χ1v) is 9.41. The normalized spacial score (nSPS) is 18.4. The summed E-state index contributed by atoms with van der Waals surface area (Å²) in [4.78, 5) is 30.7. The molecule has 0 radical (unpaired) electrons. The van der Waals surface area contributed by atoms with Crippen molar-refractivity contribution in [3.63, 3.8) is 0 Å². The van der Waals surface area contributed by atoms with Gasteiger partial charge in [0.15, 0.2) is 0 Å². The third-order valence-electron chi connectivity index (χ3n) is 4.89. The van der Waals surface area contributed by atoms with Crippen molar-refractivity contribution in [2.24, 2.45) is 0 Å². The first-order valence-electron chi connectivity index (χ1n) is 8.61. The fourth-order valence-electron chi connectivity index (χ4n) is 3.32. The molecule has 130 valence electrons. The van der Waals surface area contributed by atoms with Gasteiger partial charge in [0.25, 0.3) is 11.5 Å². The van der Waals surface area contributed by atoms with E-state index in [0.717, 1.165) is 23.0 Å². The predicted octanol–water partition coefficient (Wildman–Crippen LogP) is 2.76. The van der Waals surface area contributed by atoms with Gasteiger partial charge in [-0.05, 0) is 53.7 Å². The number of rotatable bonds is 3. The van der Waals surface area contributed by atoms with Gasteiger partial charge in [-0.15, -0.1) is 0 Å². The minimum atomic E-state index is -0.0506. The second-order valence-corrected chi connectivity index (χ2v) is 7.65. The molecule has 0 bridgehead atoms. The van der Waals surface area contributed by atoms with E-state index in [1.807, 2.05) is 11.0 Å². The maximum atomic E-state index is 12.6. The van der Waals surface area contributed by atoms with E-state index in [4.69, 9.17) is 0 Å². The van der Waals surface area contributed by atoms with Crippen LogP contribution in [-0.2, 0) is 0 Å². The highest BCUT2D eigenvalue weighted by Crippen LogP contribution is 2.38. The number of piperidine rings is 1. The van der Waals surface area contributed by atoms with Crippen LogP contribution in [0.5, 0.6) is 0 Å². The molecule has 6 nitrogen and oxygen atoms in total. The second kappa shape index (κ2) is 6.71. The number of likely N-dealkylation sites (tertiary alicyclic amines) is 1. The topological polar surface area (TPSA) is 68.1 Å². The summed E-state index contributed by atoms with van der Waals surface area (Å²) in [6.07, 6.45) is 7.07. The van der Waals surface area contributed by atoms with Gasteiger partial charge in [-0.1, -0.05) is 0 Å². The molecule has 0 unspecified atom stereocenters. The van der Waals surface area contributed by atoms with Crippen LogP contribution in [0.4, 0.5) is 0 Å². The lowest BCUT2D eigenvalue weighted by Crippen LogP contribution is -2.41. The van der Waals surface area contributed by atoms with Crippen LogP contribution in [-0.4, -0.2) is 38.7 Å². The summed E-state index contributed by atoms with van der Waals surface area (Å²) in [6, 6.07) is 5.34. The number of carbonyl (C=O) groups is 1. The molecule has 1 aliphatic heterocycles. The number of carbonyl (C=O) groups excluding carboxylic acids is 1. The molecule has 1 saturated heterocycles. The van der Waals surface area contributed by atoms with Crippen molar-refractivity contribution in [1.82, 2.24) is 19.7 Å². The average Bonchev–Trinajstić information content (AvgIpc) is 3.47. The average molecular weight is 403 g/mol. The third-order valence-corrected chi connectivity index (χ3v) is 5.32. The molecule has 2 fully saturated rings. The Balaban J connectivity index is 1.45. The minimum absolute atomic E-state index is 0.0145. The Kier molecular flexibility index (Phi) is 4.41. The molecular formula is C18H19BrN4O2. The van der Waals surface area contributed by atoms with E-state index in [-0.39, 0.29) is 17.5 Å². The van der Waals surface area contributed by atoms with Crippen LogP contribution in [0, 0.1) is 0 Å². The van der Waals surface area contributed by atoms with Gasteiger partial charge in [-0.3, -0.25) is 14.6 Å². The van der Waals surface area contributed by atoms with Crippen molar-refractivity contribution < 1.29 is 4.79 Å². The summed E-state index contributed by atoms with van der Waals surface area (Å²) in [5.74, 6) is 0.511. The molecular weight excluding hydrogens is 384 g/mol. The van der Waals surface area contributed by atoms with E-state index < -0.39 is 0 Å². The standard InChI is InChI=1S/C18H19BrN4O2/c19-14-9-13(10-20-11-14)18(25)22-7-5-15(6-8-22)23-17(24)4-3-16(21-23)12-1-2-12/h3-4,9-12,15H,1-2,5-8H2. The quantitative estimate of drug-likeness (QED) is 0.791. The van der Waals surface area contributed by atoms with Crippen LogP contribution in [0.2, 0.25) is 0 Å². The number of halogens is 1. The highest BCUT2D eigenvalue weighted by molar-refractivity contribution is 9.10. The molecule has 1 aliphatic carbocycles. The van der Waals surface area contributed by atoms with Crippen molar-refractivity contribution in [2.75, 3.05) is 13.1 Å². The Morgan fingerprint density at radius 3 is 2.56 bits per heavy atom. The van der Waals surface area contributed by atoms with Gasteiger partial charge in [0.05, 0.1) is 17.3 Å². The Morgan fingerprint density at radius 2 is 1.88 bits per heavy atom. The molecule has 7 heteroatoms. The number of amides is 1. The lowest BCUT2D eigenvalue weighted by Gasteiger charge is -2.32. The molecule has 3 heterocycles. The van der Waals surface area contributed by atoms with Gasteiger partial charge in [0.1, 0.15) is 0 Å². The van der Waals surface area contributed by atoms with Crippen LogP contribution in [0.25, 0.3) is 0 Å². The van der Waals surface area contributed by atoms with E-state index in [2.05, 4.69) is 26.0 Å². The Labute approximate surface area is 154 Å². The highest BCUT2D eigenvalue weighted by Gasteiger charge is 2.29. The molecule has 4 rings (SSSR count). The first kappa shape index (κ1) is 16.4.